The van der Waals surface area contributed by atoms with Gasteiger partial charge in [-0.3, -0.25) is 15.0 Å². The predicted molar refractivity (Wildman–Crippen MR) is 77.8 cm³/mol. The minimum atomic E-state index is -0.504. The fraction of sp³-hybridized carbons (Fsp3) is 0.667. The Balaban J connectivity index is 2.07. The van der Waals surface area contributed by atoms with Crippen LogP contribution in [0.2, 0.25) is 0 Å². The van der Waals surface area contributed by atoms with E-state index in [0.29, 0.717) is 6.54 Å². The Kier molecular flexibility index (Phi) is 5.23. The molecule has 0 saturated carbocycles. The molecule has 0 atom stereocenters. The Morgan fingerprint density at radius 3 is 2.81 bits per heavy atom. The van der Waals surface area contributed by atoms with Crippen molar-refractivity contribution in [2.24, 2.45) is 0 Å². The lowest BCUT2D eigenvalue weighted by molar-refractivity contribution is -0.385. The van der Waals surface area contributed by atoms with Gasteiger partial charge in [-0.15, -0.1) is 0 Å². The summed E-state index contributed by atoms with van der Waals surface area (Å²) in [6.07, 6.45) is 1.28. The molecule has 1 N–H and O–H groups in total. The molecule has 116 valence electrons. The molecule has 0 radical (unpaired) electrons. The van der Waals surface area contributed by atoms with Crippen LogP contribution in [0, 0.1) is 10.1 Å². The molecule has 9 nitrogen and oxygen atoms in total. The summed E-state index contributed by atoms with van der Waals surface area (Å²) in [5, 5.41) is 14.5. The van der Waals surface area contributed by atoms with Gasteiger partial charge in [-0.25, -0.2) is 4.98 Å². The van der Waals surface area contributed by atoms with E-state index in [0.717, 1.165) is 32.7 Å². The van der Waals surface area contributed by atoms with Crippen molar-refractivity contribution in [3.05, 3.63) is 16.4 Å². The van der Waals surface area contributed by atoms with E-state index in [-0.39, 0.29) is 17.4 Å². The second-order valence-corrected chi connectivity index (χ2v) is 4.83. The number of methoxy groups -OCH3 is 1. The summed E-state index contributed by atoms with van der Waals surface area (Å²) in [4.78, 5) is 22.6. The van der Waals surface area contributed by atoms with Crippen LogP contribution in [0.15, 0.2) is 6.33 Å². The molecule has 1 aliphatic rings. The van der Waals surface area contributed by atoms with Gasteiger partial charge in [-0.1, -0.05) is 0 Å². The maximum atomic E-state index is 11.2. The summed E-state index contributed by atoms with van der Waals surface area (Å²) in [5.74, 6) is 0.265. The fourth-order valence-electron chi connectivity index (χ4n) is 2.27. The van der Waals surface area contributed by atoms with Crippen molar-refractivity contribution in [2.45, 2.75) is 0 Å². The Bertz CT molecular complexity index is 492. The minimum absolute atomic E-state index is 0.0148. The summed E-state index contributed by atoms with van der Waals surface area (Å²) in [6, 6.07) is 0. The zero-order valence-electron chi connectivity index (χ0n) is 12.3. The van der Waals surface area contributed by atoms with Crippen LogP contribution >= 0.6 is 0 Å². The van der Waals surface area contributed by atoms with Crippen LogP contribution in [-0.4, -0.2) is 73.2 Å². The highest BCUT2D eigenvalue weighted by Gasteiger charge is 2.26. The molecule has 1 aromatic rings. The second-order valence-electron chi connectivity index (χ2n) is 4.83. The van der Waals surface area contributed by atoms with E-state index in [1.165, 1.54) is 13.4 Å². The van der Waals surface area contributed by atoms with Gasteiger partial charge >= 0.3 is 5.69 Å². The van der Waals surface area contributed by atoms with Gasteiger partial charge < -0.3 is 15.0 Å². The van der Waals surface area contributed by atoms with Gasteiger partial charge in [0.2, 0.25) is 5.82 Å². The lowest BCUT2D eigenvalue weighted by atomic mass is 10.3. The van der Waals surface area contributed by atoms with Crippen LogP contribution in [0.3, 0.4) is 0 Å². The number of aromatic nitrogens is 2. The zero-order valence-corrected chi connectivity index (χ0v) is 12.3. The third-order valence-electron chi connectivity index (χ3n) is 3.47. The van der Waals surface area contributed by atoms with Crippen molar-refractivity contribution in [2.75, 3.05) is 58.3 Å². The zero-order chi connectivity index (χ0) is 15.2. The van der Waals surface area contributed by atoms with E-state index in [9.17, 15) is 10.1 Å². The lowest BCUT2D eigenvalue weighted by Crippen LogP contribution is -2.46. The Hall–Kier alpha value is -2.00. The van der Waals surface area contributed by atoms with Crippen LogP contribution in [0.25, 0.3) is 0 Å². The molecule has 1 saturated heterocycles. The van der Waals surface area contributed by atoms with Gasteiger partial charge in [0, 0.05) is 46.3 Å². The van der Waals surface area contributed by atoms with Gasteiger partial charge in [0.15, 0.2) is 0 Å². The van der Waals surface area contributed by atoms with E-state index in [1.54, 1.807) is 11.9 Å². The van der Waals surface area contributed by atoms with Gasteiger partial charge in [0.05, 0.1) is 12.0 Å². The first kappa shape index (κ1) is 15.4. The van der Waals surface area contributed by atoms with Gasteiger partial charge in [-0.2, -0.15) is 4.98 Å². The summed E-state index contributed by atoms with van der Waals surface area (Å²) >= 11 is 0. The number of piperazine rings is 1. The van der Waals surface area contributed by atoms with Crippen molar-refractivity contribution >= 4 is 11.5 Å². The predicted octanol–water partition coefficient (Wildman–Crippen LogP) is -0.265. The molecule has 0 aromatic carbocycles. The number of nitrogens with zero attached hydrogens (tertiary/aromatic N) is 5. The van der Waals surface area contributed by atoms with Crippen molar-refractivity contribution in [1.29, 1.82) is 0 Å². The number of anilines is 1. The molecule has 21 heavy (non-hydrogen) atoms. The molecule has 2 rings (SSSR count). The van der Waals surface area contributed by atoms with Gasteiger partial charge in [-0.05, 0) is 0 Å². The van der Waals surface area contributed by atoms with Crippen LogP contribution in [0.4, 0.5) is 11.5 Å². The molecule has 9 heteroatoms. The molecule has 0 unspecified atom stereocenters. The van der Waals surface area contributed by atoms with E-state index < -0.39 is 4.92 Å². The number of ether oxygens (including phenoxy) is 1. The quantitative estimate of drug-likeness (QED) is 0.566. The Morgan fingerprint density at radius 2 is 2.19 bits per heavy atom. The molecular formula is C12H20N6O3. The third kappa shape index (κ3) is 3.76. The van der Waals surface area contributed by atoms with Crippen LogP contribution in [-0.2, 0) is 0 Å². The van der Waals surface area contributed by atoms with Crippen LogP contribution < -0.4 is 15.0 Å². The number of hydrogen-bond donors (Lipinski definition) is 1. The summed E-state index contributed by atoms with van der Waals surface area (Å²) < 4.78 is 4.95. The minimum Gasteiger partial charge on any atom is -0.476 e. The molecular weight excluding hydrogens is 276 g/mol. The number of nitro groups is 1. The molecule has 0 aliphatic carbocycles. The van der Waals surface area contributed by atoms with Crippen molar-refractivity contribution in [3.8, 4) is 5.88 Å². The molecule has 0 bridgehead atoms. The molecule has 1 aliphatic heterocycles. The molecule has 0 amide bonds. The molecule has 2 heterocycles. The number of likely N-dealkylation sites (N-methyl/N-ethyl adjacent to an activating group) is 1. The average Bonchev–Trinajstić information content (AvgIpc) is 2.52. The summed E-state index contributed by atoms with van der Waals surface area (Å²) in [7, 11) is 3.15. The van der Waals surface area contributed by atoms with Gasteiger partial charge in [0.1, 0.15) is 6.33 Å². The Morgan fingerprint density at radius 1 is 1.48 bits per heavy atom. The van der Waals surface area contributed by atoms with Crippen LogP contribution in [0.5, 0.6) is 5.88 Å². The molecule has 1 aromatic heterocycles. The topological polar surface area (TPSA) is 96.7 Å². The number of rotatable bonds is 6. The molecule has 0 spiro atoms. The highest BCUT2D eigenvalue weighted by atomic mass is 16.6. The van der Waals surface area contributed by atoms with Crippen molar-refractivity contribution in [3.63, 3.8) is 0 Å². The Labute approximate surface area is 123 Å². The van der Waals surface area contributed by atoms with Gasteiger partial charge in [0.25, 0.3) is 5.88 Å². The van der Waals surface area contributed by atoms with E-state index >= 15 is 0 Å². The van der Waals surface area contributed by atoms with E-state index in [2.05, 4.69) is 20.2 Å². The highest BCUT2D eigenvalue weighted by Crippen LogP contribution is 2.32. The first-order chi connectivity index (χ1) is 10.1. The maximum Gasteiger partial charge on any atom is 0.372 e. The van der Waals surface area contributed by atoms with Crippen LogP contribution in [0.1, 0.15) is 0 Å². The van der Waals surface area contributed by atoms with E-state index in [1.807, 2.05) is 0 Å². The monoisotopic (exact) mass is 296 g/mol. The normalized spacial score (nSPS) is 15.7. The first-order valence-electron chi connectivity index (χ1n) is 6.81. The second kappa shape index (κ2) is 7.14. The number of hydrogen-bond acceptors (Lipinski definition) is 8. The third-order valence-corrected chi connectivity index (χ3v) is 3.47. The fourth-order valence-corrected chi connectivity index (χ4v) is 2.27. The summed E-state index contributed by atoms with van der Waals surface area (Å²) in [5.41, 5.74) is -0.192. The average molecular weight is 296 g/mol. The highest BCUT2D eigenvalue weighted by molar-refractivity contribution is 5.62. The largest absolute Gasteiger partial charge is 0.476 e. The van der Waals surface area contributed by atoms with Crippen molar-refractivity contribution in [1.82, 2.24) is 20.2 Å². The number of nitrogens with one attached hydrogen (secondary N) is 1. The maximum absolute atomic E-state index is 11.2. The van der Waals surface area contributed by atoms with Crippen molar-refractivity contribution < 1.29 is 9.66 Å². The van der Waals surface area contributed by atoms with E-state index in [4.69, 9.17) is 4.74 Å². The summed E-state index contributed by atoms with van der Waals surface area (Å²) in [6.45, 7) is 5.42. The SMILES string of the molecule is COc1ncnc(N(C)CCN2CCNCC2)c1[N+](=O)[O-]. The first-order valence-corrected chi connectivity index (χ1v) is 6.81. The molecule has 1 fully saturated rings. The smallest absolute Gasteiger partial charge is 0.372 e. The lowest BCUT2D eigenvalue weighted by Gasteiger charge is -2.29. The standard InChI is InChI=1S/C12H20N6O3/c1-16(7-8-17-5-3-13-4-6-17)11-10(18(19)20)12(21-2)15-9-14-11/h9,13H,3-8H2,1-2H3.